The standard InChI is InChI=1S/C15H21FN2O2/c1-3-20-14(19)15(16)5-8-18(9-6-15)11-13-4-7-17-12(2)10-13/h4,7,10H,3,5-6,8-9,11H2,1-2H3. The van der Waals surface area contributed by atoms with Crippen molar-refractivity contribution in [1.82, 2.24) is 9.88 Å². The number of aromatic nitrogens is 1. The summed E-state index contributed by atoms with van der Waals surface area (Å²) in [5.74, 6) is -0.709. The van der Waals surface area contributed by atoms with E-state index in [-0.39, 0.29) is 19.4 Å². The fourth-order valence-electron chi connectivity index (χ4n) is 2.49. The van der Waals surface area contributed by atoms with Gasteiger partial charge in [-0.05, 0) is 31.5 Å². The summed E-state index contributed by atoms with van der Waals surface area (Å²) >= 11 is 0. The van der Waals surface area contributed by atoms with Crippen LogP contribution in [-0.2, 0) is 16.1 Å². The van der Waals surface area contributed by atoms with Gasteiger partial charge in [-0.25, -0.2) is 9.18 Å². The topological polar surface area (TPSA) is 42.4 Å². The Hall–Kier alpha value is -1.49. The van der Waals surface area contributed by atoms with E-state index in [9.17, 15) is 9.18 Å². The molecule has 0 spiro atoms. The summed E-state index contributed by atoms with van der Waals surface area (Å²) in [6.45, 7) is 5.77. The maximum absolute atomic E-state index is 14.4. The molecule has 1 saturated heterocycles. The zero-order valence-electron chi connectivity index (χ0n) is 12.1. The minimum absolute atomic E-state index is 0.204. The average Bonchev–Trinajstić information content (AvgIpc) is 2.42. The van der Waals surface area contributed by atoms with Crippen molar-refractivity contribution in [2.45, 2.75) is 38.9 Å². The van der Waals surface area contributed by atoms with Gasteiger partial charge >= 0.3 is 5.97 Å². The third kappa shape index (κ3) is 3.54. The number of ether oxygens (including phenoxy) is 1. The molecule has 5 heteroatoms. The van der Waals surface area contributed by atoms with Crippen LogP contribution in [0.3, 0.4) is 0 Å². The fraction of sp³-hybridized carbons (Fsp3) is 0.600. The fourth-order valence-corrected chi connectivity index (χ4v) is 2.49. The van der Waals surface area contributed by atoms with E-state index in [1.807, 2.05) is 19.1 Å². The van der Waals surface area contributed by atoms with Gasteiger partial charge in [0.25, 0.3) is 0 Å². The molecular formula is C15H21FN2O2. The van der Waals surface area contributed by atoms with Gasteiger partial charge in [-0.15, -0.1) is 0 Å². The highest BCUT2D eigenvalue weighted by atomic mass is 19.1. The molecule has 1 aliphatic heterocycles. The highest BCUT2D eigenvalue weighted by Crippen LogP contribution is 2.28. The van der Waals surface area contributed by atoms with Crippen molar-refractivity contribution in [1.29, 1.82) is 0 Å². The predicted molar refractivity (Wildman–Crippen MR) is 74.0 cm³/mol. The Morgan fingerprint density at radius 1 is 1.50 bits per heavy atom. The third-order valence-electron chi connectivity index (χ3n) is 3.66. The maximum Gasteiger partial charge on any atom is 0.343 e. The second-order valence-electron chi connectivity index (χ2n) is 5.27. The van der Waals surface area contributed by atoms with E-state index in [2.05, 4.69) is 9.88 Å². The molecular weight excluding hydrogens is 259 g/mol. The Balaban J connectivity index is 1.89. The van der Waals surface area contributed by atoms with Crippen LogP contribution in [0.15, 0.2) is 18.3 Å². The summed E-state index contributed by atoms with van der Waals surface area (Å²) in [4.78, 5) is 17.9. The summed E-state index contributed by atoms with van der Waals surface area (Å²) in [6.07, 6.45) is 2.19. The molecule has 2 heterocycles. The van der Waals surface area contributed by atoms with Crippen molar-refractivity contribution in [2.75, 3.05) is 19.7 Å². The lowest BCUT2D eigenvalue weighted by Crippen LogP contribution is -2.46. The Kier molecular flexibility index (Phi) is 4.70. The van der Waals surface area contributed by atoms with E-state index >= 15 is 0 Å². The Morgan fingerprint density at radius 2 is 2.20 bits per heavy atom. The minimum atomic E-state index is -1.80. The molecule has 20 heavy (non-hydrogen) atoms. The SMILES string of the molecule is CCOC(=O)C1(F)CCN(Cc2ccnc(C)c2)CC1. The molecule has 1 fully saturated rings. The van der Waals surface area contributed by atoms with Gasteiger partial charge in [0.2, 0.25) is 5.67 Å². The number of rotatable bonds is 4. The minimum Gasteiger partial charge on any atom is -0.464 e. The lowest BCUT2D eigenvalue weighted by atomic mass is 9.93. The van der Waals surface area contributed by atoms with E-state index in [1.165, 1.54) is 5.56 Å². The van der Waals surface area contributed by atoms with Crippen LogP contribution < -0.4 is 0 Å². The van der Waals surface area contributed by atoms with Crippen molar-refractivity contribution in [3.05, 3.63) is 29.6 Å². The molecule has 1 aromatic heterocycles. The number of likely N-dealkylation sites (tertiary alicyclic amines) is 1. The number of nitrogens with zero attached hydrogens (tertiary/aromatic N) is 2. The van der Waals surface area contributed by atoms with Crippen LogP contribution in [0.25, 0.3) is 0 Å². The molecule has 0 aliphatic carbocycles. The molecule has 2 rings (SSSR count). The van der Waals surface area contributed by atoms with Crippen molar-refractivity contribution < 1.29 is 13.9 Å². The Labute approximate surface area is 118 Å². The van der Waals surface area contributed by atoms with Crippen LogP contribution >= 0.6 is 0 Å². The molecule has 1 aromatic rings. The van der Waals surface area contributed by atoms with Gasteiger partial charge in [-0.2, -0.15) is 0 Å². The second-order valence-corrected chi connectivity index (χ2v) is 5.27. The molecule has 0 radical (unpaired) electrons. The van der Waals surface area contributed by atoms with Gasteiger partial charge in [0.1, 0.15) is 0 Å². The summed E-state index contributed by atoms with van der Waals surface area (Å²) in [7, 11) is 0. The number of piperidine rings is 1. The highest BCUT2D eigenvalue weighted by Gasteiger charge is 2.42. The number of carbonyl (C=O) groups is 1. The average molecular weight is 280 g/mol. The van der Waals surface area contributed by atoms with E-state index in [1.54, 1.807) is 13.1 Å². The zero-order chi connectivity index (χ0) is 14.6. The first-order valence-corrected chi connectivity index (χ1v) is 7.03. The summed E-state index contributed by atoms with van der Waals surface area (Å²) in [5, 5.41) is 0. The number of alkyl halides is 1. The van der Waals surface area contributed by atoms with Gasteiger partial charge in [-0.1, -0.05) is 0 Å². The molecule has 0 bridgehead atoms. The van der Waals surface area contributed by atoms with Crippen LogP contribution in [0, 0.1) is 6.92 Å². The first-order valence-electron chi connectivity index (χ1n) is 7.03. The van der Waals surface area contributed by atoms with E-state index in [0.29, 0.717) is 13.1 Å². The van der Waals surface area contributed by atoms with Crippen molar-refractivity contribution >= 4 is 5.97 Å². The van der Waals surface area contributed by atoms with Crippen molar-refractivity contribution in [3.8, 4) is 0 Å². The molecule has 0 aromatic carbocycles. The number of carbonyl (C=O) groups excluding carboxylic acids is 1. The monoisotopic (exact) mass is 280 g/mol. The molecule has 1 aliphatic rings. The van der Waals surface area contributed by atoms with Crippen LogP contribution in [-0.4, -0.2) is 41.2 Å². The number of aryl methyl sites for hydroxylation is 1. The number of esters is 1. The molecule has 110 valence electrons. The van der Waals surface area contributed by atoms with Crippen molar-refractivity contribution in [2.24, 2.45) is 0 Å². The number of pyridine rings is 1. The Bertz CT molecular complexity index is 471. The largest absolute Gasteiger partial charge is 0.464 e. The predicted octanol–water partition coefficient (Wildman–Crippen LogP) is 2.26. The van der Waals surface area contributed by atoms with Crippen molar-refractivity contribution in [3.63, 3.8) is 0 Å². The summed E-state index contributed by atoms with van der Waals surface area (Å²) in [6, 6.07) is 4.00. The van der Waals surface area contributed by atoms with E-state index < -0.39 is 11.6 Å². The molecule has 4 nitrogen and oxygen atoms in total. The van der Waals surface area contributed by atoms with Gasteiger partial charge in [0.15, 0.2) is 0 Å². The second kappa shape index (κ2) is 6.31. The lowest BCUT2D eigenvalue weighted by molar-refractivity contribution is -0.160. The molecule has 0 N–H and O–H groups in total. The molecule has 0 atom stereocenters. The van der Waals surface area contributed by atoms with E-state index in [4.69, 9.17) is 4.74 Å². The smallest absolute Gasteiger partial charge is 0.343 e. The summed E-state index contributed by atoms with van der Waals surface area (Å²) < 4.78 is 19.2. The third-order valence-corrected chi connectivity index (χ3v) is 3.66. The number of hydrogen-bond acceptors (Lipinski definition) is 4. The number of halogens is 1. The van der Waals surface area contributed by atoms with Gasteiger partial charge in [0.05, 0.1) is 6.61 Å². The van der Waals surface area contributed by atoms with Gasteiger partial charge in [-0.3, -0.25) is 9.88 Å². The normalized spacial score (nSPS) is 18.8. The molecule has 0 unspecified atom stereocenters. The number of hydrogen-bond donors (Lipinski definition) is 0. The first kappa shape index (κ1) is 14.9. The summed E-state index contributed by atoms with van der Waals surface area (Å²) in [5.41, 5.74) is 0.339. The maximum atomic E-state index is 14.4. The Morgan fingerprint density at radius 3 is 2.80 bits per heavy atom. The van der Waals surface area contributed by atoms with Crippen LogP contribution in [0.5, 0.6) is 0 Å². The molecule has 0 saturated carbocycles. The van der Waals surface area contributed by atoms with Crippen LogP contribution in [0.1, 0.15) is 31.0 Å². The van der Waals surface area contributed by atoms with Crippen LogP contribution in [0.2, 0.25) is 0 Å². The van der Waals surface area contributed by atoms with Gasteiger partial charge in [0, 0.05) is 44.4 Å². The van der Waals surface area contributed by atoms with Crippen LogP contribution in [0.4, 0.5) is 4.39 Å². The van der Waals surface area contributed by atoms with Gasteiger partial charge < -0.3 is 4.74 Å². The molecule has 0 amide bonds. The highest BCUT2D eigenvalue weighted by molar-refractivity contribution is 5.79. The quantitative estimate of drug-likeness (QED) is 0.793. The van der Waals surface area contributed by atoms with E-state index in [0.717, 1.165) is 12.2 Å². The first-order chi connectivity index (χ1) is 9.53. The lowest BCUT2D eigenvalue weighted by Gasteiger charge is -2.34. The zero-order valence-corrected chi connectivity index (χ0v) is 12.1.